The van der Waals surface area contributed by atoms with Crippen LogP contribution in [0, 0.1) is 0 Å². The first kappa shape index (κ1) is 18.7. The Morgan fingerprint density at radius 3 is 1.87 bits per heavy atom. The Kier molecular flexibility index (Phi) is 7.34. The van der Waals surface area contributed by atoms with Gasteiger partial charge in [-0.25, -0.2) is 8.42 Å². The highest BCUT2D eigenvalue weighted by molar-refractivity contribution is 7.88. The van der Waals surface area contributed by atoms with Crippen molar-refractivity contribution >= 4 is 15.9 Å². The van der Waals surface area contributed by atoms with E-state index in [2.05, 4.69) is 5.32 Å². The molecule has 2 fully saturated rings. The Morgan fingerprint density at radius 1 is 0.913 bits per heavy atom. The van der Waals surface area contributed by atoms with Gasteiger partial charge in [-0.05, 0) is 25.7 Å². The average molecular weight is 345 g/mol. The lowest BCUT2D eigenvalue weighted by molar-refractivity contribution is -0.122. The molecule has 0 aromatic carbocycles. The summed E-state index contributed by atoms with van der Waals surface area (Å²) in [6, 6.07) is 0.216. The summed E-state index contributed by atoms with van der Waals surface area (Å²) >= 11 is 0. The van der Waals surface area contributed by atoms with Crippen molar-refractivity contribution in [3.63, 3.8) is 0 Å². The number of hydrogen-bond acceptors (Lipinski definition) is 3. The SMILES string of the molecule is CS(=O)(=O)N(CC(=O)NC1CCCCCC1)C1CCCCCC1. The number of carbonyl (C=O) groups excluding carboxylic acids is 1. The van der Waals surface area contributed by atoms with E-state index in [0.29, 0.717) is 0 Å². The van der Waals surface area contributed by atoms with Crippen LogP contribution in [0.2, 0.25) is 0 Å². The number of nitrogens with one attached hydrogen (secondary N) is 1. The summed E-state index contributed by atoms with van der Waals surface area (Å²) in [6.45, 7) is -0.0139. The lowest BCUT2D eigenvalue weighted by Crippen LogP contribution is -2.47. The predicted octanol–water partition coefficient (Wildman–Crippen LogP) is 2.81. The number of nitrogens with zero attached hydrogens (tertiary/aromatic N) is 1. The van der Waals surface area contributed by atoms with Crippen molar-refractivity contribution in [3.8, 4) is 0 Å². The molecule has 0 aliphatic heterocycles. The Morgan fingerprint density at radius 2 is 1.39 bits per heavy atom. The Labute approximate surface area is 141 Å². The van der Waals surface area contributed by atoms with E-state index in [4.69, 9.17) is 0 Å². The second-order valence-corrected chi connectivity index (χ2v) is 9.14. The molecule has 0 aromatic rings. The first-order valence-electron chi connectivity index (χ1n) is 9.23. The third kappa shape index (κ3) is 6.42. The molecule has 0 heterocycles. The van der Waals surface area contributed by atoms with Gasteiger partial charge in [-0.3, -0.25) is 4.79 Å². The normalized spacial score (nSPS) is 22.5. The van der Waals surface area contributed by atoms with E-state index < -0.39 is 10.0 Å². The smallest absolute Gasteiger partial charge is 0.235 e. The van der Waals surface area contributed by atoms with Crippen LogP contribution in [-0.2, 0) is 14.8 Å². The number of rotatable bonds is 5. The maximum atomic E-state index is 12.4. The summed E-state index contributed by atoms with van der Waals surface area (Å²) in [6.07, 6.45) is 14.3. The van der Waals surface area contributed by atoms with Crippen LogP contribution >= 0.6 is 0 Å². The van der Waals surface area contributed by atoms with Crippen molar-refractivity contribution in [1.82, 2.24) is 9.62 Å². The third-order valence-electron chi connectivity index (χ3n) is 5.18. The van der Waals surface area contributed by atoms with Crippen molar-refractivity contribution in [2.75, 3.05) is 12.8 Å². The lowest BCUT2D eigenvalue weighted by Gasteiger charge is -2.29. The molecule has 1 amide bonds. The van der Waals surface area contributed by atoms with Gasteiger partial charge in [0.1, 0.15) is 0 Å². The number of carbonyl (C=O) groups is 1. The van der Waals surface area contributed by atoms with Gasteiger partial charge in [0.05, 0.1) is 12.8 Å². The van der Waals surface area contributed by atoms with Gasteiger partial charge >= 0.3 is 0 Å². The zero-order valence-electron chi connectivity index (χ0n) is 14.4. The van der Waals surface area contributed by atoms with Gasteiger partial charge in [0, 0.05) is 12.1 Å². The lowest BCUT2D eigenvalue weighted by atomic mass is 10.1. The highest BCUT2D eigenvalue weighted by Gasteiger charge is 2.29. The fourth-order valence-electron chi connectivity index (χ4n) is 3.90. The average Bonchev–Trinajstić information content (AvgIpc) is 2.88. The summed E-state index contributed by atoms with van der Waals surface area (Å²) in [4.78, 5) is 12.4. The van der Waals surface area contributed by atoms with Crippen molar-refractivity contribution in [2.24, 2.45) is 0 Å². The van der Waals surface area contributed by atoms with Crippen molar-refractivity contribution in [3.05, 3.63) is 0 Å². The molecular formula is C17H32N2O3S. The second-order valence-electron chi connectivity index (χ2n) is 7.21. The molecule has 1 N–H and O–H groups in total. The quantitative estimate of drug-likeness (QED) is 0.780. The Hall–Kier alpha value is -0.620. The first-order chi connectivity index (χ1) is 11.0. The van der Waals surface area contributed by atoms with E-state index in [1.807, 2.05) is 0 Å². The molecule has 0 saturated heterocycles. The van der Waals surface area contributed by atoms with E-state index in [1.165, 1.54) is 36.2 Å². The largest absolute Gasteiger partial charge is 0.352 e. The monoisotopic (exact) mass is 344 g/mol. The van der Waals surface area contributed by atoms with Gasteiger partial charge in [-0.1, -0.05) is 51.4 Å². The minimum Gasteiger partial charge on any atom is -0.352 e. The van der Waals surface area contributed by atoms with Gasteiger partial charge in [0.2, 0.25) is 15.9 Å². The maximum absolute atomic E-state index is 12.4. The molecular weight excluding hydrogens is 312 g/mol. The molecule has 0 atom stereocenters. The standard InChI is InChI=1S/C17H32N2O3S/c1-23(21,22)19(16-12-8-4-5-9-13-16)14-17(20)18-15-10-6-2-3-7-11-15/h15-16H,2-14H2,1H3,(H,18,20). The highest BCUT2D eigenvalue weighted by Crippen LogP contribution is 2.24. The van der Waals surface area contributed by atoms with Crippen LogP contribution in [0.5, 0.6) is 0 Å². The topological polar surface area (TPSA) is 66.5 Å². The molecule has 0 aromatic heterocycles. The van der Waals surface area contributed by atoms with E-state index >= 15 is 0 Å². The van der Waals surface area contributed by atoms with Crippen LogP contribution in [0.15, 0.2) is 0 Å². The zero-order chi connectivity index (χ0) is 16.7. The van der Waals surface area contributed by atoms with Crippen molar-refractivity contribution < 1.29 is 13.2 Å². The van der Waals surface area contributed by atoms with Gasteiger partial charge in [-0.15, -0.1) is 0 Å². The molecule has 2 aliphatic rings. The highest BCUT2D eigenvalue weighted by atomic mass is 32.2. The molecule has 2 rings (SSSR count). The van der Waals surface area contributed by atoms with Gasteiger partial charge in [0.25, 0.3) is 0 Å². The van der Waals surface area contributed by atoms with E-state index in [0.717, 1.165) is 51.4 Å². The predicted molar refractivity (Wildman–Crippen MR) is 92.7 cm³/mol. The molecule has 0 unspecified atom stereocenters. The van der Waals surface area contributed by atoms with E-state index in [9.17, 15) is 13.2 Å². The Balaban J connectivity index is 1.94. The summed E-state index contributed by atoms with van der Waals surface area (Å²) in [5.41, 5.74) is 0. The third-order valence-corrected chi connectivity index (χ3v) is 6.46. The molecule has 23 heavy (non-hydrogen) atoms. The van der Waals surface area contributed by atoms with Crippen LogP contribution in [0.3, 0.4) is 0 Å². The summed E-state index contributed by atoms with van der Waals surface area (Å²) in [7, 11) is -3.35. The van der Waals surface area contributed by atoms with E-state index in [-0.39, 0.29) is 24.5 Å². The van der Waals surface area contributed by atoms with Crippen molar-refractivity contribution in [1.29, 1.82) is 0 Å². The number of amides is 1. The molecule has 6 heteroatoms. The maximum Gasteiger partial charge on any atom is 0.235 e. The number of sulfonamides is 1. The first-order valence-corrected chi connectivity index (χ1v) is 11.1. The van der Waals surface area contributed by atoms with E-state index in [1.54, 1.807) is 0 Å². The van der Waals surface area contributed by atoms with Crippen LogP contribution in [0.25, 0.3) is 0 Å². The molecule has 2 aliphatic carbocycles. The fraction of sp³-hybridized carbons (Fsp3) is 0.941. The summed E-state index contributed by atoms with van der Waals surface area (Å²) in [5, 5.41) is 3.07. The Bertz CT molecular complexity index is 462. The van der Waals surface area contributed by atoms with Crippen molar-refractivity contribution in [2.45, 2.75) is 89.1 Å². The second kappa shape index (κ2) is 9.02. The van der Waals surface area contributed by atoms with Crippen LogP contribution in [0.4, 0.5) is 0 Å². The molecule has 134 valence electrons. The summed E-state index contributed by atoms with van der Waals surface area (Å²) in [5.74, 6) is -0.133. The van der Waals surface area contributed by atoms with Crippen LogP contribution in [0.1, 0.15) is 77.0 Å². The molecule has 5 nitrogen and oxygen atoms in total. The van der Waals surface area contributed by atoms with Gasteiger partial charge in [-0.2, -0.15) is 4.31 Å². The zero-order valence-corrected chi connectivity index (χ0v) is 15.2. The van der Waals surface area contributed by atoms with Gasteiger partial charge < -0.3 is 5.32 Å². The van der Waals surface area contributed by atoms with Gasteiger partial charge in [0.15, 0.2) is 0 Å². The fourth-order valence-corrected chi connectivity index (χ4v) is 5.01. The number of hydrogen-bond donors (Lipinski definition) is 1. The molecule has 2 saturated carbocycles. The minimum atomic E-state index is -3.35. The van der Waals surface area contributed by atoms with Crippen LogP contribution in [-0.4, -0.2) is 43.5 Å². The molecule has 0 bridgehead atoms. The summed E-state index contributed by atoms with van der Waals surface area (Å²) < 4.78 is 25.8. The minimum absolute atomic E-state index is 0.00705. The molecule has 0 spiro atoms. The molecule has 0 radical (unpaired) electrons. The van der Waals surface area contributed by atoms with Crippen LogP contribution < -0.4 is 5.32 Å².